The monoisotopic (exact) mass is 271 g/mol. The van der Waals surface area contributed by atoms with E-state index in [0.29, 0.717) is 11.8 Å². The summed E-state index contributed by atoms with van der Waals surface area (Å²) in [6.07, 6.45) is 7.30. The van der Waals surface area contributed by atoms with Crippen LogP contribution in [0.1, 0.15) is 38.5 Å². The number of hydrogen-bond donors (Lipinski definition) is 1. The van der Waals surface area contributed by atoms with Crippen LogP contribution in [0.2, 0.25) is 0 Å². The SMILES string of the molecule is O=C(NC1(CBr)CCC1)C1CC2CC2C1. The van der Waals surface area contributed by atoms with Gasteiger partial charge in [0, 0.05) is 16.8 Å². The van der Waals surface area contributed by atoms with Gasteiger partial charge in [0.2, 0.25) is 5.91 Å². The maximum atomic E-state index is 12.0. The van der Waals surface area contributed by atoms with Crippen LogP contribution in [-0.4, -0.2) is 16.8 Å². The second-order valence-corrected chi connectivity index (χ2v) is 6.24. The van der Waals surface area contributed by atoms with Gasteiger partial charge in [0.1, 0.15) is 0 Å². The number of carbonyl (C=O) groups is 1. The van der Waals surface area contributed by atoms with Crippen molar-refractivity contribution in [3.05, 3.63) is 0 Å². The molecule has 15 heavy (non-hydrogen) atoms. The molecule has 2 atom stereocenters. The predicted molar refractivity (Wildman–Crippen MR) is 62.8 cm³/mol. The lowest BCUT2D eigenvalue weighted by molar-refractivity contribution is -0.127. The van der Waals surface area contributed by atoms with Crippen LogP contribution in [0.4, 0.5) is 0 Å². The van der Waals surface area contributed by atoms with Gasteiger partial charge in [0.05, 0.1) is 0 Å². The second-order valence-electron chi connectivity index (χ2n) is 5.68. The minimum Gasteiger partial charge on any atom is -0.350 e. The molecule has 0 aliphatic heterocycles. The van der Waals surface area contributed by atoms with Crippen molar-refractivity contribution in [1.29, 1.82) is 0 Å². The number of hydrogen-bond acceptors (Lipinski definition) is 1. The van der Waals surface area contributed by atoms with Crippen LogP contribution in [0.15, 0.2) is 0 Å². The van der Waals surface area contributed by atoms with Crippen LogP contribution < -0.4 is 5.32 Å². The van der Waals surface area contributed by atoms with Crippen molar-refractivity contribution in [3.63, 3.8) is 0 Å². The van der Waals surface area contributed by atoms with Crippen LogP contribution in [0.3, 0.4) is 0 Å². The summed E-state index contributed by atoms with van der Waals surface area (Å²) < 4.78 is 0. The topological polar surface area (TPSA) is 29.1 Å². The molecule has 1 amide bonds. The molecule has 2 unspecified atom stereocenters. The Kier molecular flexibility index (Phi) is 2.35. The number of fused-ring (bicyclic) bond motifs is 1. The molecule has 0 heterocycles. The average Bonchev–Trinajstić information content (AvgIpc) is 2.79. The molecule has 84 valence electrons. The Labute approximate surface area is 99.3 Å². The lowest BCUT2D eigenvalue weighted by Gasteiger charge is -2.42. The number of amides is 1. The fourth-order valence-electron chi connectivity index (χ4n) is 3.19. The predicted octanol–water partition coefficient (Wildman–Crippen LogP) is 2.47. The minimum absolute atomic E-state index is 0.115. The third-order valence-electron chi connectivity index (χ3n) is 4.57. The molecule has 0 aromatic carbocycles. The van der Waals surface area contributed by atoms with Crippen LogP contribution in [0.5, 0.6) is 0 Å². The summed E-state index contributed by atoms with van der Waals surface area (Å²) in [6, 6.07) is 0. The molecule has 0 saturated heterocycles. The van der Waals surface area contributed by atoms with E-state index in [4.69, 9.17) is 0 Å². The quantitative estimate of drug-likeness (QED) is 0.786. The first kappa shape index (κ1) is 10.1. The molecule has 3 aliphatic rings. The van der Waals surface area contributed by atoms with E-state index in [1.807, 2.05) is 0 Å². The van der Waals surface area contributed by atoms with Crippen LogP contribution in [0, 0.1) is 17.8 Å². The van der Waals surface area contributed by atoms with E-state index in [1.54, 1.807) is 0 Å². The van der Waals surface area contributed by atoms with Gasteiger partial charge in [0.15, 0.2) is 0 Å². The van der Waals surface area contributed by atoms with Crippen LogP contribution in [-0.2, 0) is 4.79 Å². The van der Waals surface area contributed by atoms with Crippen molar-refractivity contribution < 1.29 is 4.79 Å². The Bertz CT molecular complexity index is 272. The molecule has 0 aromatic heterocycles. The number of rotatable bonds is 3. The van der Waals surface area contributed by atoms with Crippen LogP contribution in [0.25, 0.3) is 0 Å². The van der Waals surface area contributed by atoms with Crippen molar-refractivity contribution in [2.24, 2.45) is 17.8 Å². The van der Waals surface area contributed by atoms with E-state index in [2.05, 4.69) is 21.2 Å². The van der Waals surface area contributed by atoms with E-state index in [0.717, 1.165) is 42.8 Å². The molecule has 0 bridgehead atoms. The van der Waals surface area contributed by atoms with Gasteiger partial charge in [0.25, 0.3) is 0 Å². The van der Waals surface area contributed by atoms with Gasteiger partial charge in [-0.2, -0.15) is 0 Å². The Morgan fingerprint density at radius 1 is 1.27 bits per heavy atom. The normalized spacial score (nSPS) is 40.5. The van der Waals surface area contributed by atoms with Crippen molar-refractivity contribution in [2.45, 2.75) is 44.1 Å². The standard InChI is InChI=1S/C12H18BrNO/c13-7-12(2-1-3-12)14-11(15)10-5-8-4-9(8)6-10/h8-10H,1-7H2,(H,14,15). The molecular formula is C12H18BrNO. The van der Waals surface area contributed by atoms with Gasteiger partial charge in [-0.15, -0.1) is 0 Å². The summed E-state index contributed by atoms with van der Waals surface area (Å²) in [5, 5.41) is 4.20. The van der Waals surface area contributed by atoms with Gasteiger partial charge < -0.3 is 5.32 Å². The summed E-state index contributed by atoms with van der Waals surface area (Å²) in [6.45, 7) is 0. The summed E-state index contributed by atoms with van der Waals surface area (Å²) in [4.78, 5) is 12.0. The third kappa shape index (κ3) is 1.73. The Morgan fingerprint density at radius 2 is 1.93 bits per heavy atom. The lowest BCUT2D eigenvalue weighted by atomic mass is 9.78. The number of halogens is 1. The molecule has 3 saturated carbocycles. The van der Waals surface area contributed by atoms with Gasteiger partial charge in [-0.05, 0) is 50.4 Å². The highest BCUT2D eigenvalue weighted by Crippen LogP contribution is 2.54. The summed E-state index contributed by atoms with van der Waals surface area (Å²) in [5.74, 6) is 2.48. The highest BCUT2D eigenvalue weighted by atomic mass is 79.9. The first-order chi connectivity index (χ1) is 7.22. The van der Waals surface area contributed by atoms with Gasteiger partial charge >= 0.3 is 0 Å². The first-order valence-corrected chi connectivity index (χ1v) is 7.23. The van der Waals surface area contributed by atoms with Crippen LogP contribution >= 0.6 is 15.9 Å². The zero-order chi connectivity index (χ0) is 10.5. The minimum atomic E-state index is 0.115. The summed E-state index contributed by atoms with van der Waals surface area (Å²) in [7, 11) is 0. The van der Waals surface area contributed by atoms with E-state index in [-0.39, 0.29) is 5.54 Å². The first-order valence-electron chi connectivity index (χ1n) is 6.10. The smallest absolute Gasteiger partial charge is 0.223 e. The highest BCUT2D eigenvalue weighted by molar-refractivity contribution is 9.09. The van der Waals surface area contributed by atoms with E-state index in [9.17, 15) is 4.79 Å². The van der Waals surface area contributed by atoms with Gasteiger partial charge in [-0.25, -0.2) is 0 Å². The molecule has 3 heteroatoms. The average molecular weight is 272 g/mol. The molecule has 3 fully saturated rings. The molecule has 0 spiro atoms. The Balaban J connectivity index is 1.56. The third-order valence-corrected chi connectivity index (χ3v) is 5.64. The Hall–Kier alpha value is -0.0500. The highest BCUT2D eigenvalue weighted by Gasteiger charge is 2.49. The van der Waals surface area contributed by atoms with Gasteiger partial charge in [-0.1, -0.05) is 15.9 Å². The second kappa shape index (κ2) is 3.47. The maximum Gasteiger partial charge on any atom is 0.223 e. The fraction of sp³-hybridized carbons (Fsp3) is 0.917. The fourth-order valence-corrected chi connectivity index (χ4v) is 3.89. The van der Waals surface area contributed by atoms with E-state index < -0.39 is 0 Å². The molecule has 3 aliphatic carbocycles. The van der Waals surface area contributed by atoms with E-state index >= 15 is 0 Å². The molecule has 0 radical (unpaired) electrons. The molecule has 2 nitrogen and oxygen atoms in total. The molecule has 1 N–H and O–H groups in total. The van der Waals surface area contributed by atoms with E-state index in [1.165, 1.54) is 12.8 Å². The zero-order valence-corrected chi connectivity index (χ0v) is 10.6. The number of carbonyl (C=O) groups excluding carboxylic acids is 1. The van der Waals surface area contributed by atoms with Crippen molar-refractivity contribution in [1.82, 2.24) is 5.32 Å². The molecular weight excluding hydrogens is 254 g/mol. The summed E-state index contributed by atoms with van der Waals surface area (Å²) >= 11 is 3.53. The Morgan fingerprint density at radius 3 is 2.40 bits per heavy atom. The number of nitrogens with one attached hydrogen (secondary N) is 1. The summed E-state index contributed by atoms with van der Waals surface area (Å²) in [5.41, 5.74) is 0.115. The van der Waals surface area contributed by atoms with Crippen molar-refractivity contribution >= 4 is 21.8 Å². The molecule has 3 rings (SSSR count). The largest absolute Gasteiger partial charge is 0.350 e. The maximum absolute atomic E-state index is 12.0. The number of alkyl halides is 1. The van der Waals surface area contributed by atoms with Crippen molar-refractivity contribution in [2.75, 3.05) is 5.33 Å². The molecule has 0 aromatic rings. The lowest BCUT2D eigenvalue weighted by Crippen LogP contribution is -2.56. The van der Waals surface area contributed by atoms with Crippen molar-refractivity contribution in [3.8, 4) is 0 Å². The van der Waals surface area contributed by atoms with Gasteiger partial charge in [-0.3, -0.25) is 4.79 Å². The zero-order valence-electron chi connectivity index (χ0n) is 8.97.